The Kier molecular flexibility index (Phi) is 7.89. The number of rotatable bonds is 8. The lowest BCUT2D eigenvalue weighted by molar-refractivity contribution is -0.130. The minimum absolute atomic E-state index is 0.0309. The molecule has 0 bridgehead atoms. The first-order chi connectivity index (χ1) is 15.3. The Morgan fingerprint density at radius 2 is 1.75 bits per heavy atom. The summed E-state index contributed by atoms with van der Waals surface area (Å²) in [4.78, 5) is 28.8. The average Bonchev–Trinajstić information content (AvgIpc) is 2.81. The third-order valence-electron chi connectivity index (χ3n) is 5.05. The van der Waals surface area contributed by atoms with Crippen LogP contribution in [0.25, 0.3) is 0 Å². The van der Waals surface area contributed by atoms with Crippen LogP contribution < -0.4 is 14.9 Å². The molecule has 1 heterocycles. The van der Waals surface area contributed by atoms with Gasteiger partial charge in [0, 0.05) is 49.0 Å². The van der Waals surface area contributed by atoms with Crippen molar-refractivity contribution in [3.05, 3.63) is 71.8 Å². The van der Waals surface area contributed by atoms with Crippen molar-refractivity contribution < 1.29 is 18.0 Å². The third-order valence-corrected chi connectivity index (χ3v) is 6.72. The molecule has 1 aliphatic rings. The van der Waals surface area contributed by atoms with E-state index in [4.69, 9.17) is 11.6 Å². The summed E-state index contributed by atoms with van der Waals surface area (Å²) in [6.45, 7) is 5.83. The molecule has 170 valence electrons. The SMILES string of the molecule is C=CCNS(=O)(=O)c1cccc(C(=O)NCC(=O)N2CCN(c3ccc(Cl)cc3)CC2)c1. The van der Waals surface area contributed by atoms with Crippen molar-refractivity contribution >= 4 is 39.1 Å². The monoisotopic (exact) mass is 476 g/mol. The van der Waals surface area contributed by atoms with Crippen molar-refractivity contribution in [3.63, 3.8) is 0 Å². The number of anilines is 1. The molecule has 3 rings (SSSR count). The molecule has 0 radical (unpaired) electrons. The topological polar surface area (TPSA) is 98.8 Å². The maximum Gasteiger partial charge on any atom is 0.251 e. The lowest BCUT2D eigenvalue weighted by Gasteiger charge is -2.36. The predicted molar refractivity (Wildman–Crippen MR) is 124 cm³/mol. The summed E-state index contributed by atoms with van der Waals surface area (Å²) >= 11 is 5.93. The quantitative estimate of drug-likeness (QED) is 0.567. The van der Waals surface area contributed by atoms with E-state index in [2.05, 4.69) is 21.5 Å². The zero-order valence-electron chi connectivity index (χ0n) is 17.5. The number of piperazine rings is 1. The Morgan fingerprint density at radius 3 is 2.41 bits per heavy atom. The van der Waals surface area contributed by atoms with Crippen LogP contribution in [-0.2, 0) is 14.8 Å². The molecular formula is C22H25ClN4O4S. The molecule has 32 heavy (non-hydrogen) atoms. The molecule has 8 nitrogen and oxygen atoms in total. The largest absolute Gasteiger partial charge is 0.368 e. The summed E-state index contributed by atoms with van der Waals surface area (Å²) in [5.74, 6) is -0.704. The average molecular weight is 477 g/mol. The summed E-state index contributed by atoms with van der Waals surface area (Å²) in [5.41, 5.74) is 1.21. The molecule has 2 aromatic carbocycles. The van der Waals surface area contributed by atoms with Gasteiger partial charge in [0.05, 0.1) is 11.4 Å². The lowest BCUT2D eigenvalue weighted by atomic mass is 10.2. The smallest absolute Gasteiger partial charge is 0.251 e. The molecule has 2 amide bonds. The van der Waals surface area contributed by atoms with Crippen LogP contribution in [0.15, 0.2) is 66.1 Å². The van der Waals surface area contributed by atoms with Gasteiger partial charge in [0.15, 0.2) is 0 Å². The Labute approximate surface area is 192 Å². The van der Waals surface area contributed by atoms with Crippen LogP contribution in [0.2, 0.25) is 5.02 Å². The van der Waals surface area contributed by atoms with Gasteiger partial charge in [-0.15, -0.1) is 6.58 Å². The van der Waals surface area contributed by atoms with Gasteiger partial charge in [-0.1, -0.05) is 23.7 Å². The van der Waals surface area contributed by atoms with E-state index in [1.165, 1.54) is 30.3 Å². The number of amides is 2. The fraction of sp³-hybridized carbons (Fsp3) is 0.273. The maximum absolute atomic E-state index is 12.5. The molecule has 2 N–H and O–H groups in total. The highest BCUT2D eigenvalue weighted by molar-refractivity contribution is 7.89. The van der Waals surface area contributed by atoms with Crippen LogP contribution in [0, 0.1) is 0 Å². The number of nitrogens with zero attached hydrogens (tertiary/aromatic N) is 2. The van der Waals surface area contributed by atoms with Gasteiger partial charge in [-0.2, -0.15) is 0 Å². The van der Waals surface area contributed by atoms with Gasteiger partial charge in [0.2, 0.25) is 15.9 Å². The number of carbonyl (C=O) groups is 2. The van der Waals surface area contributed by atoms with E-state index in [0.29, 0.717) is 31.2 Å². The van der Waals surface area contributed by atoms with Crippen LogP contribution in [-0.4, -0.2) is 64.4 Å². The van der Waals surface area contributed by atoms with Crippen LogP contribution in [0.3, 0.4) is 0 Å². The maximum atomic E-state index is 12.5. The highest BCUT2D eigenvalue weighted by atomic mass is 35.5. The molecule has 0 spiro atoms. The minimum Gasteiger partial charge on any atom is -0.368 e. The van der Waals surface area contributed by atoms with Crippen molar-refractivity contribution in [2.45, 2.75) is 4.90 Å². The van der Waals surface area contributed by atoms with Gasteiger partial charge in [0.25, 0.3) is 5.91 Å². The molecule has 1 aliphatic heterocycles. The number of nitrogens with one attached hydrogen (secondary N) is 2. The van der Waals surface area contributed by atoms with Crippen LogP contribution in [0.5, 0.6) is 0 Å². The third kappa shape index (κ3) is 6.09. The van der Waals surface area contributed by atoms with Crippen LogP contribution in [0.1, 0.15) is 10.4 Å². The van der Waals surface area contributed by atoms with Gasteiger partial charge in [0.1, 0.15) is 0 Å². The van der Waals surface area contributed by atoms with Crippen molar-refractivity contribution in [2.24, 2.45) is 0 Å². The van der Waals surface area contributed by atoms with Gasteiger partial charge >= 0.3 is 0 Å². The zero-order valence-corrected chi connectivity index (χ0v) is 19.0. The number of carbonyl (C=O) groups excluding carboxylic acids is 2. The van der Waals surface area contributed by atoms with Crippen LogP contribution >= 0.6 is 11.6 Å². The Hall–Kier alpha value is -2.88. The molecule has 0 unspecified atom stereocenters. The molecule has 10 heteroatoms. The van der Waals surface area contributed by atoms with Gasteiger partial charge in [-0.05, 0) is 42.5 Å². The van der Waals surface area contributed by atoms with Crippen molar-refractivity contribution in [2.75, 3.05) is 44.2 Å². The van der Waals surface area contributed by atoms with Crippen LogP contribution in [0.4, 0.5) is 5.69 Å². The number of hydrogen-bond donors (Lipinski definition) is 2. The second kappa shape index (κ2) is 10.6. The Bertz CT molecular complexity index is 1080. The van der Waals surface area contributed by atoms with E-state index in [-0.39, 0.29) is 29.5 Å². The second-order valence-electron chi connectivity index (χ2n) is 7.20. The van der Waals surface area contributed by atoms with Crippen molar-refractivity contribution in [1.29, 1.82) is 0 Å². The van der Waals surface area contributed by atoms with Gasteiger partial charge < -0.3 is 15.1 Å². The molecule has 0 atom stereocenters. The Balaban J connectivity index is 1.52. The summed E-state index contributed by atoms with van der Waals surface area (Å²) < 4.78 is 26.8. The highest BCUT2D eigenvalue weighted by Crippen LogP contribution is 2.19. The molecule has 2 aromatic rings. The second-order valence-corrected chi connectivity index (χ2v) is 9.40. The van der Waals surface area contributed by atoms with Crippen molar-refractivity contribution in [1.82, 2.24) is 14.9 Å². The number of sulfonamides is 1. The highest BCUT2D eigenvalue weighted by Gasteiger charge is 2.22. The zero-order chi connectivity index (χ0) is 23.1. The normalized spacial score (nSPS) is 14.2. The summed E-state index contributed by atoms with van der Waals surface area (Å²) in [7, 11) is -3.75. The summed E-state index contributed by atoms with van der Waals surface area (Å²) in [6.07, 6.45) is 1.43. The van der Waals surface area contributed by atoms with Gasteiger partial charge in [-0.3, -0.25) is 9.59 Å². The first kappa shape index (κ1) is 23.8. The molecule has 0 aliphatic carbocycles. The summed E-state index contributed by atoms with van der Waals surface area (Å²) in [5, 5.41) is 3.25. The Morgan fingerprint density at radius 1 is 1.06 bits per heavy atom. The fourth-order valence-corrected chi connectivity index (χ4v) is 4.46. The number of halogens is 1. The molecule has 1 fully saturated rings. The predicted octanol–water partition coefficient (Wildman–Crippen LogP) is 1.88. The standard InChI is InChI=1S/C22H25ClN4O4S/c1-2-10-25-32(30,31)20-5-3-4-17(15-20)22(29)24-16-21(28)27-13-11-26(12-14-27)19-8-6-18(23)7-9-19/h2-9,15,25H,1,10-14,16H2,(H,24,29). The van der Waals surface area contributed by atoms with Gasteiger partial charge in [-0.25, -0.2) is 13.1 Å². The first-order valence-electron chi connectivity index (χ1n) is 10.1. The fourth-order valence-electron chi connectivity index (χ4n) is 3.29. The van der Waals surface area contributed by atoms with E-state index in [0.717, 1.165) is 5.69 Å². The molecule has 0 aromatic heterocycles. The van der Waals surface area contributed by atoms with E-state index >= 15 is 0 Å². The molecular weight excluding hydrogens is 452 g/mol. The summed E-state index contributed by atoms with van der Waals surface area (Å²) in [6, 6.07) is 13.2. The minimum atomic E-state index is -3.75. The van der Waals surface area contributed by atoms with E-state index < -0.39 is 15.9 Å². The molecule has 1 saturated heterocycles. The number of hydrogen-bond acceptors (Lipinski definition) is 5. The first-order valence-corrected chi connectivity index (χ1v) is 11.9. The van der Waals surface area contributed by atoms with E-state index in [1.54, 1.807) is 4.90 Å². The van der Waals surface area contributed by atoms with E-state index in [1.807, 2.05) is 24.3 Å². The van der Waals surface area contributed by atoms with E-state index in [9.17, 15) is 18.0 Å². The lowest BCUT2D eigenvalue weighted by Crippen LogP contribution is -2.51. The molecule has 0 saturated carbocycles. The van der Waals surface area contributed by atoms with Crippen molar-refractivity contribution in [3.8, 4) is 0 Å². The number of benzene rings is 2.